The summed E-state index contributed by atoms with van der Waals surface area (Å²) in [7, 11) is 0. The summed E-state index contributed by atoms with van der Waals surface area (Å²) in [6, 6.07) is 0. The molecule has 0 spiro atoms. The second-order valence-corrected chi connectivity index (χ2v) is 3.76. The van der Waals surface area contributed by atoms with Gasteiger partial charge >= 0.3 is 0 Å². The average molecular weight is 126 g/mol. The van der Waals surface area contributed by atoms with Crippen LogP contribution in [0.1, 0.15) is 39.5 Å². The van der Waals surface area contributed by atoms with E-state index >= 15 is 0 Å². The molecule has 9 heavy (non-hydrogen) atoms. The lowest BCUT2D eigenvalue weighted by Crippen LogP contribution is -2.32. The third-order valence-electron chi connectivity index (χ3n) is 2.22. The number of hydrogen-bond donors (Lipinski definition) is 0. The molecule has 1 N–H and O–H groups in total. The Bertz CT molecular complexity index is 96.7. The molecule has 1 radical (unpaired) electrons. The van der Waals surface area contributed by atoms with Gasteiger partial charge < -0.3 is 0 Å². The first-order chi connectivity index (χ1) is 4.10. The van der Waals surface area contributed by atoms with E-state index in [1.807, 2.05) is 0 Å². The predicted molar refractivity (Wildman–Crippen MR) is 39.1 cm³/mol. The number of hydrogen-bond acceptors (Lipinski definition) is 0. The van der Waals surface area contributed by atoms with Crippen LogP contribution >= 0.6 is 0 Å². The molecule has 1 aliphatic rings. The molecule has 0 heterocycles. The Morgan fingerprint density at radius 3 is 2.56 bits per heavy atom. The zero-order valence-corrected chi connectivity index (χ0v) is 6.41. The minimum Gasteiger partial charge on any atom is -0.251 e. The van der Waals surface area contributed by atoms with Crippen molar-refractivity contribution in [2.45, 2.75) is 45.1 Å². The summed E-state index contributed by atoms with van der Waals surface area (Å²) in [4.78, 5) is 0. The van der Waals surface area contributed by atoms with Gasteiger partial charge in [0.05, 0.1) is 0 Å². The Kier molecular flexibility index (Phi) is 1.80. The topological polar surface area (TPSA) is 23.8 Å². The Balaban J connectivity index is 2.41. The monoisotopic (exact) mass is 126 g/mol. The van der Waals surface area contributed by atoms with Crippen LogP contribution in [-0.2, 0) is 0 Å². The zero-order valence-electron chi connectivity index (χ0n) is 6.41. The molecule has 2 unspecified atom stereocenters. The van der Waals surface area contributed by atoms with Crippen molar-refractivity contribution in [3.63, 3.8) is 0 Å². The highest BCUT2D eigenvalue weighted by Gasteiger charge is 2.26. The Hall–Kier alpha value is -0.0400. The first kappa shape index (κ1) is 7.07. The third kappa shape index (κ3) is 1.98. The van der Waals surface area contributed by atoms with Crippen LogP contribution in [0.5, 0.6) is 0 Å². The summed E-state index contributed by atoms with van der Waals surface area (Å²) < 4.78 is 0. The van der Waals surface area contributed by atoms with Gasteiger partial charge in [0, 0.05) is 5.54 Å². The second-order valence-electron chi connectivity index (χ2n) is 3.76. The van der Waals surface area contributed by atoms with Crippen molar-refractivity contribution >= 4 is 0 Å². The van der Waals surface area contributed by atoms with Crippen LogP contribution in [0.3, 0.4) is 0 Å². The standard InChI is InChI=1S/C8H16N/c1-7-4-3-5-8(2,9)6-7/h7,9H,3-6H2,1-2H3. The summed E-state index contributed by atoms with van der Waals surface area (Å²) in [5, 5.41) is 0. The first-order valence-electron chi connectivity index (χ1n) is 3.85. The Morgan fingerprint density at radius 1 is 1.56 bits per heavy atom. The normalized spacial score (nSPS) is 45.0. The Labute approximate surface area is 57.6 Å². The van der Waals surface area contributed by atoms with Gasteiger partial charge in [-0.25, -0.2) is 0 Å². The zero-order chi connectivity index (χ0) is 6.91. The van der Waals surface area contributed by atoms with Crippen LogP contribution in [0, 0.1) is 5.92 Å². The molecule has 0 amide bonds. The molecule has 2 atom stereocenters. The molecule has 0 aliphatic heterocycles. The molecule has 1 rings (SSSR count). The fourth-order valence-electron chi connectivity index (χ4n) is 1.81. The van der Waals surface area contributed by atoms with Gasteiger partial charge in [-0.05, 0) is 25.7 Å². The van der Waals surface area contributed by atoms with E-state index in [0.29, 0.717) is 0 Å². The van der Waals surface area contributed by atoms with Gasteiger partial charge in [0.15, 0.2) is 0 Å². The van der Waals surface area contributed by atoms with Gasteiger partial charge in [0.2, 0.25) is 0 Å². The van der Waals surface area contributed by atoms with Crippen molar-refractivity contribution in [3.8, 4) is 0 Å². The van der Waals surface area contributed by atoms with Crippen LogP contribution < -0.4 is 5.73 Å². The third-order valence-corrected chi connectivity index (χ3v) is 2.22. The van der Waals surface area contributed by atoms with Crippen LogP contribution in [0.2, 0.25) is 0 Å². The van der Waals surface area contributed by atoms with Crippen LogP contribution in [0.25, 0.3) is 0 Å². The fourth-order valence-corrected chi connectivity index (χ4v) is 1.81. The first-order valence-corrected chi connectivity index (χ1v) is 3.85. The van der Waals surface area contributed by atoms with Crippen molar-refractivity contribution in [1.29, 1.82) is 0 Å². The molecule has 0 aromatic rings. The quantitative estimate of drug-likeness (QED) is 0.475. The van der Waals surface area contributed by atoms with Gasteiger partial charge in [-0.3, -0.25) is 5.73 Å². The molecule has 1 aliphatic carbocycles. The van der Waals surface area contributed by atoms with Gasteiger partial charge in [-0.1, -0.05) is 19.8 Å². The maximum absolute atomic E-state index is 7.76. The number of rotatable bonds is 0. The largest absolute Gasteiger partial charge is 0.251 e. The molecule has 1 heteroatoms. The molecule has 1 fully saturated rings. The van der Waals surface area contributed by atoms with Crippen LogP contribution in [-0.4, -0.2) is 5.54 Å². The second kappa shape index (κ2) is 2.30. The SMILES string of the molecule is CC1CCCC(C)([NH])C1. The number of nitrogens with one attached hydrogen (secondary N) is 1. The van der Waals surface area contributed by atoms with Crippen molar-refractivity contribution in [1.82, 2.24) is 5.73 Å². The van der Waals surface area contributed by atoms with E-state index in [0.717, 1.165) is 18.8 Å². The molecule has 1 nitrogen and oxygen atoms in total. The van der Waals surface area contributed by atoms with E-state index in [9.17, 15) is 0 Å². The van der Waals surface area contributed by atoms with Gasteiger partial charge in [0.25, 0.3) is 0 Å². The maximum atomic E-state index is 7.76. The van der Waals surface area contributed by atoms with Crippen molar-refractivity contribution in [2.75, 3.05) is 0 Å². The summed E-state index contributed by atoms with van der Waals surface area (Å²) in [5.74, 6) is 0.793. The molecule has 53 valence electrons. The van der Waals surface area contributed by atoms with Gasteiger partial charge in [-0.15, -0.1) is 0 Å². The van der Waals surface area contributed by atoms with E-state index in [-0.39, 0.29) is 5.54 Å². The van der Waals surface area contributed by atoms with Gasteiger partial charge in [-0.2, -0.15) is 0 Å². The smallest absolute Gasteiger partial charge is 0.0298 e. The molecule has 0 bridgehead atoms. The van der Waals surface area contributed by atoms with Crippen LogP contribution in [0.4, 0.5) is 0 Å². The minimum absolute atomic E-state index is 0.0995. The Morgan fingerprint density at radius 2 is 2.22 bits per heavy atom. The van der Waals surface area contributed by atoms with E-state index in [1.165, 1.54) is 12.8 Å². The highest BCUT2D eigenvalue weighted by atomic mass is 14.7. The summed E-state index contributed by atoms with van der Waals surface area (Å²) >= 11 is 0. The lowest BCUT2D eigenvalue weighted by molar-refractivity contribution is 0.248. The predicted octanol–water partition coefficient (Wildman–Crippen LogP) is 2.24. The summed E-state index contributed by atoms with van der Waals surface area (Å²) in [6.07, 6.45) is 4.82. The average Bonchev–Trinajstić information content (AvgIpc) is 1.60. The highest BCUT2D eigenvalue weighted by Crippen LogP contribution is 2.30. The molecule has 0 saturated heterocycles. The van der Waals surface area contributed by atoms with Crippen molar-refractivity contribution in [3.05, 3.63) is 0 Å². The molecule has 0 aromatic carbocycles. The lowest BCUT2D eigenvalue weighted by atomic mass is 9.78. The van der Waals surface area contributed by atoms with E-state index in [4.69, 9.17) is 5.73 Å². The molecular weight excluding hydrogens is 110 g/mol. The summed E-state index contributed by atoms with van der Waals surface area (Å²) in [5.41, 5.74) is 7.66. The van der Waals surface area contributed by atoms with Crippen molar-refractivity contribution < 1.29 is 0 Å². The van der Waals surface area contributed by atoms with Crippen molar-refractivity contribution in [2.24, 2.45) is 5.92 Å². The van der Waals surface area contributed by atoms with E-state index in [2.05, 4.69) is 13.8 Å². The molecule has 0 aromatic heterocycles. The maximum Gasteiger partial charge on any atom is 0.0298 e. The highest BCUT2D eigenvalue weighted by molar-refractivity contribution is 4.84. The van der Waals surface area contributed by atoms with Crippen LogP contribution in [0.15, 0.2) is 0 Å². The lowest BCUT2D eigenvalue weighted by Gasteiger charge is -2.32. The van der Waals surface area contributed by atoms with E-state index < -0.39 is 0 Å². The summed E-state index contributed by atoms with van der Waals surface area (Å²) in [6.45, 7) is 4.31. The van der Waals surface area contributed by atoms with E-state index in [1.54, 1.807) is 0 Å². The minimum atomic E-state index is -0.0995. The molecular formula is C8H16N. The van der Waals surface area contributed by atoms with Gasteiger partial charge in [0.1, 0.15) is 0 Å². The molecule has 1 saturated carbocycles. The fraction of sp³-hybridized carbons (Fsp3) is 1.00.